The van der Waals surface area contributed by atoms with Crippen molar-refractivity contribution in [2.24, 2.45) is 5.92 Å². The van der Waals surface area contributed by atoms with Crippen LogP contribution in [0, 0.1) is 19.8 Å². The summed E-state index contributed by atoms with van der Waals surface area (Å²) in [5.74, 6) is 1.08. The maximum atomic E-state index is 12.6. The molecule has 0 aliphatic heterocycles. The number of rotatable bonds is 8. The van der Waals surface area contributed by atoms with Crippen LogP contribution in [0.5, 0.6) is 0 Å². The Kier molecular flexibility index (Phi) is 6.65. The summed E-state index contributed by atoms with van der Waals surface area (Å²) in [6.45, 7) is 9.33. The van der Waals surface area contributed by atoms with Crippen LogP contribution >= 0.6 is 0 Å². The van der Waals surface area contributed by atoms with Crippen molar-refractivity contribution in [3.63, 3.8) is 0 Å². The second-order valence-electron chi connectivity index (χ2n) is 7.84. The van der Waals surface area contributed by atoms with Crippen LogP contribution in [0.3, 0.4) is 0 Å². The van der Waals surface area contributed by atoms with Gasteiger partial charge in [-0.25, -0.2) is 0 Å². The van der Waals surface area contributed by atoms with Crippen LogP contribution in [0.15, 0.2) is 48.5 Å². The fraction of sp³-hybridized carbons (Fsp3) is 0.348. The van der Waals surface area contributed by atoms with E-state index in [0.29, 0.717) is 31.4 Å². The van der Waals surface area contributed by atoms with Gasteiger partial charge in [0.1, 0.15) is 0 Å². The fourth-order valence-corrected chi connectivity index (χ4v) is 2.89. The number of nitrogens with zero attached hydrogens (tertiary/aromatic N) is 3. The largest absolute Gasteiger partial charge is 0.350 e. The van der Waals surface area contributed by atoms with Crippen molar-refractivity contribution in [2.75, 3.05) is 10.6 Å². The minimum absolute atomic E-state index is 0.0673. The molecular formula is C23H29N5O. The lowest BCUT2D eigenvalue weighted by Gasteiger charge is -2.08. The molecule has 0 aliphatic carbocycles. The maximum absolute atomic E-state index is 12.6. The number of hydrogen-bond acceptors (Lipinski definition) is 5. The maximum Gasteiger partial charge on any atom is 0.250 e. The van der Waals surface area contributed by atoms with Crippen molar-refractivity contribution in [3.05, 3.63) is 70.8 Å². The van der Waals surface area contributed by atoms with Gasteiger partial charge in [-0.2, -0.15) is 9.67 Å². The summed E-state index contributed by atoms with van der Waals surface area (Å²) < 4.78 is 1.38. The number of carbonyl (C=O) groups is 1. The summed E-state index contributed by atoms with van der Waals surface area (Å²) in [6.07, 6.45) is 0.417. The molecule has 0 bridgehead atoms. The van der Waals surface area contributed by atoms with Gasteiger partial charge in [0, 0.05) is 19.5 Å². The summed E-state index contributed by atoms with van der Waals surface area (Å²) in [5.41, 5.74) is 4.69. The highest BCUT2D eigenvalue weighted by atomic mass is 16.2. The Morgan fingerprint density at radius 1 is 0.897 bits per heavy atom. The van der Waals surface area contributed by atoms with Crippen molar-refractivity contribution in [3.8, 4) is 0 Å². The molecule has 0 saturated carbocycles. The van der Waals surface area contributed by atoms with Gasteiger partial charge in [-0.15, -0.1) is 5.10 Å². The highest BCUT2D eigenvalue weighted by Crippen LogP contribution is 2.15. The molecule has 2 aromatic carbocycles. The molecule has 0 saturated heterocycles. The summed E-state index contributed by atoms with van der Waals surface area (Å²) in [4.78, 5) is 17.2. The monoisotopic (exact) mass is 391 g/mol. The van der Waals surface area contributed by atoms with Crippen LogP contribution in [-0.4, -0.2) is 20.7 Å². The number of anilines is 2. The van der Waals surface area contributed by atoms with E-state index in [1.165, 1.54) is 15.8 Å². The Labute approximate surface area is 172 Å². The van der Waals surface area contributed by atoms with E-state index < -0.39 is 0 Å². The normalized spacial score (nSPS) is 10.9. The van der Waals surface area contributed by atoms with Crippen molar-refractivity contribution in [1.29, 1.82) is 0 Å². The fourth-order valence-electron chi connectivity index (χ4n) is 2.89. The van der Waals surface area contributed by atoms with E-state index in [2.05, 4.69) is 83.1 Å². The van der Waals surface area contributed by atoms with Gasteiger partial charge in [-0.1, -0.05) is 73.5 Å². The number of aromatic nitrogens is 3. The lowest BCUT2D eigenvalue weighted by atomic mass is 10.1. The molecule has 29 heavy (non-hydrogen) atoms. The second-order valence-corrected chi connectivity index (χ2v) is 7.84. The Morgan fingerprint density at radius 2 is 1.41 bits per heavy atom. The molecule has 0 fully saturated rings. The predicted molar refractivity (Wildman–Crippen MR) is 117 cm³/mol. The molecule has 6 nitrogen and oxygen atoms in total. The van der Waals surface area contributed by atoms with Crippen LogP contribution in [0.2, 0.25) is 0 Å². The van der Waals surface area contributed by atoms with Gasteiger partial charge >= 0.3 is 0 Å². The smallest absolute Gasteiger partial charge is 0.250 e. The van der Waals surface area contributed by atoms with E-state index in [1.807, 2.05) is 13.8 Å². The lowest BCUT2D eigenvalue weighted by Crippen LogP contribution is -2.18. The molecule has 0 unspecified atom stereocenters. The molecule has 3 rings (SSSR count). The van der Waals surface area contributed by atoms with E-state index >= 15 is 0 Å². The van der Waals surface area contributed by atoms with Crippen LogP contribution < -0.4 is 10.6 Å². The van der Waals surface area contributed by atoms with Crippen molar-refractivity contribution in [1.82, 2.24) is 14.8 Å². The molecule has 3 aromatic rings. The zero-order valence-corrected chi connectivity index (χ0v) is 17.6. The zero-order valence-electron chi connectivity index (χ0n) is 17.6. The first kappa shape index (κ1) is 20.6. The highest BCUT2D eigenvalue weighted by Gasteiger charge is 2.17. The average molecular weight is 392 g/mol. The molecule has 0 atom stereocenters. The minimum atomic E-state index is -0.0673. The highest BCUT2D eigenvalue weighted by molar-refractivity contribution is 5.81. The minimum Gasteiger partial charge on any atom is -0.350 e. The lowest BCUT2D eigenvalue weighted by molar-refractivity contribution is 0.0873. The Morgan fingerprint density at radius 3 is 1.93 bits per heavy atom. The van der Waals surface area contributed by atoms with Crippen LogP contribution in [0.1, 0.15) is 47.3 Å². The number of carbonyl (C=O) groups excluding carboxylic acids is 1. The molecule has 2 N–H and O–H groups in total. The van der Waals surface area contributed by atoms with Gasteiger partial charge in [-0.3, -0.25) is 4.79 Å². The van der Waals surface area contributed by atoms with Crippen LogP contribution in [0.25, 0.3) is 0 Å². The summed E-state index contributed by atoms with van der Waals surface area (Å²) in [5, 5.41) is 10.9. The standard InChI is InChI=1S/C23H29N5O/c1-16(2)13-21(29)28-23(25-15-20-11-7-18(4)8-12-20)26-22(27-28)24-14-19-9-5-17(3)6-10-19/h5-12,16H,13-15H2,1-4H3,(H2,24,25,26,27). The summed E-state index contributed by atoms with van der Waals surface area (Å²) in [7, 11) is 0. The number of nitrogens with one attached hydrogen (secondary N) is 2. The van der Waals surface area contributed by atoms with E-state index in [9.17, 15) is 4.79 Å². The van der Waals surface area contributed by atoms with Crippen molar-refractivity contribution >= 4 is 17.8 Å². The first-order valence-electron chi connectivity index (χ1n) is 10.00. The topological polar surface area (TPSA) is 71.8 Å². The average Bonchev–Trinajstić information content (AvgIpc) is 3.10. The molecule has 6 heteroatoms. The van der Waals surface area contributed by atoms with E-state index in [4.69, 9.17) is 0 Å². The van der Waals surface area contributed by atoms with Crippen molar-refractivity contribution in [2.45, 2.75) is 47.2 Å². The molecule has 1 heterocycles. The summed E-state index contributed by atoms with van der Waals surface area (Å²) >= 11 is 0. The molecule has 0 spiro atoms. The first-order valence-corrected chi connectivity index (χ1v) is 10.00. The summed E-state index contributed by atoms with van der Waals surface area (Å²) in [6, 6.07) is 16.6. The first-order chi connectivity index (χ1) is 13.9. The predicted octanol–water partition coefficient (Wildman–Crippen LogP) is 4.81. The SMILES string of the molecule is Cc1ccc(CNc2nc(NCc3ccc(C)cc3)n(C(=O)CC(C)C)n2)cc1. The van der Waals surface area contributed by atoms with Crippen LogP contribution in [0.4, 0.5) is 11.9 Å². The zero-order chi connectivity index (χ0) is 20.8. The van der Waals surface area contributed by atoms with E-state index in [-0.39, 0.29) is 11.8 Å². The van der Waals surface area contributed by atoms with E-state index in [1.54, 1.807) is 0 Å². The third-order valence-corrected chi connectivity index (χ3v) is 4.57. The van der Waals surface area contributed by atoms with Gasteiger partial charge < -0.3 is 10.6 Å². The molecule has 0 aliphatic rings. The quantitative estimate of drug-likeness (QED) is 0.577. The molecule has 0 radical (unpaired) electrons. The Bertz CT molecular complexity index is 942. The molecule has 152 valence electrons. The van der Waals surface area contributed by atoms with Crippen molar-refractivity contribution < 1.29 is 4.79 Å². The van der Waals surface area contributed by atoms with Gasteiger partial charge in [0.05, 0.1) is 0 Å². The van der Waals surface area contributed by atoms with Gasteiger partial charge in [-0.05, 0) is 30.9 Å². The Balaban J connectivity index is 1.73. The van der Waals surface area contributed by atoms with Gasteiger partial charge in [0.25, 0.3) is 0 Å². The van der Waals surface area contributed by atoms with Gasteiger partial charge in [0.2, 0.25) is 17.8 Å². The molecule has 0 amide bonds. The second kappa shape index (κ2) is 9.37. The third-order valence-electron chi connectivity index (χ3n) is 4.57. The van der Waals surface area contributed by atoms with Gasteiger partial charge in [0.15, 0.2) is 0 Å². The third kappa shape index (κ3) is 5.91. The molecular weight excluding hydrogens is 362 g/mol. The van der Waals surface area contributed by atoms with Crippen LogP contribution in [-0.2, 0) is 13.1 Å². The number of aryl methyl sites for hydroxylation is 2. The Hall–Kier alpha value is -3.15. The van der Waals surface area contributed by atoms with E-state index in [0.717, 1.165) is 11.1 Å². The number of hydrogen-bond donors (Lipinski definition) is 2. The molecule has 1 aromatic heterocycles. The number of benzene rings is 2.